The summed E-state index contributed by atoms with van der Waals surface area (Å²) >= 11 is 6.05. The number of methoxy groups -OCH3 is 1. The van der Waals surface area contributed by atoms with Crippen LogP contribution in [-0.4, -0.2) is 7.11 Å². The highest BCUT2D eigenvalue weighted by atomic mass is 35.5. The molecule has 0 aromatic heterocycles. The Morgan fingerprint density at radius 3 is 2.17 bits per heavy atom. The van der Waals surface area contributed by atoms with Crippen LogP contribution in [0.4, 0.5) is 0 Å². The lowest BCUT2D eigenvalue weighted by atomic mass is 9.98. The maximum Gasteiger partial charge on any atom is 0.138 e. The van der Waals surface area contributed by atoms with E-state index in [2.05, 4.69) is 47.8 Å². The van der Waals surface area contributed by atoms with Gasteiger partial charge in [-0.05, 0) is 24.3 Å². The minimum absolute atomic E-state index is 0.216. The van der Waals surface area contributed by atoms with E-state index in [1.807, 2.05) is 36.4 Å². The molecule has 3 rings (SSSR count). The summed E-state index contributed by atoms with van der Waals surface area (Å²) in [6.45, 7) is 0.839. The van der Waals surface area contributed by atoms with Crippen LogP contribution >= 0.6 is 11.6 Å². The molecule has 2 nitrogen and oxygen atoms in total. The molecule has 2 N–H and O–H groups in total. The highest BCUT2D eigenvalue weighted by Crippen LogP contribution is 2.21. The van der Waals surface area contributed by atoms with Gasteiger partial charge in [0.1, 0.15) is 18.3 Å². The molecule has 122 valence electrons. The van der Waals surface area contributed by atoms with Crippen LogP contribution in [0.5, 0.6) is 5.75 Å². The van der Waals surface area contributed by atoms with Gasteiger partial charge >= 0.3 is 0 Å². The fourth-order valence-corrected chi connectivity index (χ4v) is 3.04. The topological polar surface area (TPSA) is 25.8 Å². The average molecular weight is 339 g/mol. The molecule has 3 heteroatoms. The maximum absolute atomic E-state index is 6.05. The molecule has 0 aliphatic heterocycles. The number of quaternary nitrogens is 1. The van der Waals surface area contributed by atoms with Crippen LogP contribution in [0, 0.1) is 0 Å². The summed E-state index contributed by atoms with van der Waals surface area (Å²) in [5, 5.41) is 3.09. The second kappa shape index (κ2) is 8.00. The van der Waals surface area contributed by atoms with E-state index in [9.17, 15) is 0 Å². The van der Waals surface area contributed by atoms with Crippen molar-refractivity contribution in [3.8, 4) is 5.75 Å². The summed E-state index contributed by atoms with van der Waals surface area (Å²) in [5.41, 5.74) is 3.70. The van der Waals surface area contributed by atoms with Gasteiger partial charge < -0.3 is 10.1 Å². The van der Waals surface area contributed by atoms with Gasteiger partial charge in [0.2, 0.25) is 0 Å². The van der Waals surface area contributed by atoms with E-state index < -0.39 is 0 Å². The Balaban J connectivity index is 1.86. The van der Waals surface area contributed by atoms with Crippen LogP contribution < -0.4 is 10.1 Å². The largest absolute Gasteiger partial charge is 0.496 e. The van der Waals surface area contributed by atoms with Crippen molar-refractivity contribution < 1.29 is 10.1 Å². The Labute approximate surface area is 148 Å². The molecule has 0 amide bonds. The normalized spacial score (nSPS) is 11.9. The molecule has 0 unspecified atom stereocenters. The SMILES string of the molecule is COc1ccccc1C[NH2+][C@H](c1ccccc1)c1ccc(Cl)cc1. The van der Waals surface area contributed by atoms with E-state index >= 15 is 0 Å². The highest BCUT2D eigenvalue weighted by Gasteiger charge is 2.18. The van der Waals surface area contributed by atoms with Crippen LogP contribution in [0.2, 0.25) is 5.02 Å². The molecule has 24 heavy (non-hydrogen) atoms. The van der Waals surface area contributed by atoms with Crippen LogP contribution in [-0.2, 0) is 6.54 Å². The predicted octanol–water partition coefficient (Wildman–Crippen LogP) is 4.20. The molecule has 3 aromatic carbocycles. The Kier molecular flexibility index (Phi) is 5.52. The van der Waals surface area contributed by atoms with Gasteiger partial charge in [0, 0.05) is 21.7 Å². The van der Waals surface area contributed by atoms with Crippen molar-refractivity contribution in [1.29, 1.82) is 0 Å². The Bertz CT molecular complexity index is 771. The number of hydrogen-bond acceptors (Lipinski definition) is 1. The number of nitrogens with two attached hydrogens (primary N) is 1. The van der Waals surface area contributed by atoms with Crippen LogP contribution in [0.3, 0.4) is 0 Å². The second-order valence-electron chi connectivity index (χ2n) is 5.69. The van der Waals surface area contributed by atoms with Gasteiger partial charge in [0.15, 0.2) is 0 Å². The minimum atomic E-state index is 0.216. The molecule has 1 atom stereocenters. The third-order valence-electron chi connectivity index (χ3n) is 4.15. The molecular formula is C21H21ClNO+. The first-order chi connectivity index (χ1) is 11.8. The summed E-state index contributed by atoms with van der Waals surface area (Å²) < 4.78 is 5.47. The van der Waals surface area contributed by atoms with Crippen molar-refractivity contribution in [2.45, 2.75) is 12.6 Å². The smallest absolute Gasteiger partial charge is 0.138 e. The molecule has 0 aliphatic rings. The van der Waals surface area contributed by atoms with Gasteiger partial charge in [-0.1, -0.05) is 66.2 Å². The first-order valence-electron chi connectivity index (χ1n) is 8.03. The number of para-hydroxylation sites is 1. The molecule has 0 fully saturated rings. The third kappa shape index (κ3) is 3.97. The molecule has 0 saturated heterocycles. The number of halogens is 1. The summed E-state index contributed by atoms with van der Waals surface area (Å²) in [7, 11) is 1.71. The first-order valence-corrected chi connectivity index (χ1v) is 8.41. The van der Waals surface area contributed by atoms with E-state index in [4.69, 9.17) is 16.3 Å². The number of ether oxygens (including phenoxy) is 1. The van der Waals surface area contributed by atoms with Gasteiger partial charge in [-0.2, -0.15) is 0 Å². The Hall–Kier alpha value is -2.29. The van der Waals surface area contributed by atoms with E-state index in [0.29, 0.717) is 0 Å². The van der Waals surface area contributed by atoms with E-state index in [-0.39, 0.29) is 6.04 Å². The predicted molar refractivity (Wildman–Crippen MR) is 98.4 cm³/mol. The molecule has 0 heterocycles. The van der Waals surface area contributed by atoms with Crippen molar-refractivity contribution in [2.24, 2.45) is 0 Å². The van der Waals surface area contributed by atoms with Crippen LogP contribution in [0.1, 0.15) is 22.7 Å². The lowest BCUT2D eigenvalue weighted by molar-refractivity contribution is -0.702. The summed E-state index contributed by atoms with van der Waals surface area (Å²) in [6.07, 6.45) is 0. The van der Waals surface area contributed by atoms with Gasteiger partial charge in [-0.3, -0.25) is 0 Å². The van der Waals surface area contributed by atoms with Crippen LogP contribution in [0.15, 0.2) is 78.9 Å². The summed E-state index contributed by atoms with van der Waals surface area (Å²) in [4.78, 5) is 0. The molecule has 0 saturated carbocycles. The first kappa shape index (κ1) is 16.6. The van der Waals surface area contributed by atoms with E-state index in [1.54, 1.807) is 7.11 Å². The average Bonchev–Trinajstić information content (AvgIpc) is 2.64. The standard InChI is InChI=1S/C21H20ClNO/c1-24-20-10-6-5-9-18(20)15-23-21(16-7-3-2-4-8-16)17-11-13-19(22)14-12-17/h2-14,21,23H,15H2,1H3/p+1/t21-/m1/s1. The van der Waals surface area contributed by atoms with Crippen molar-refractivity contribution >= 4 is 11.6 Å². The molecule has 0 aliphatic carbocycles. The number of rotatable bonds is 6. The van der Waals surface area contributed by atoms with Crippen molar-refractivity contribution in [3.05, 3.63) is 101 Å². The molecule has 3 aromatic rings. The van der Waals surface area contributed by atoms with E-state index in [1.165, 1.54) is 16.7 Å². The van der Waals surface area contributed by atoms with Gasteiger partial charge in [-0.25, -0.2) is 0 Å². The Morgan fingerprint density at radius 1 is 0.833 bits per heavy atom. The van der Waals surface area contributed by atoms with Crippen molar-refractivity contribution in [1.82, 2.24) is 0 Å². The fraction of sp³-hybridized carbons (Fsp3) is 0.143. The summed E-state index contributed by atoms with van der Waals surface area (Å²) in [5.74, 6) is 0.927. The van der Waals surface area contributed by atoms with Crippen molar-refractivity contribution in [3.63, 3.8) is 0 Å². The monoisotopic (exact) mass is 338 g/mol. The Morgan fingerprint density at radius 2 is 1.46 bits per heavy atom. The molecular weight excluding hydrogens is 318 g/mol. The van der Waals surface area contributed by atoms with Gasteiger partial charge in [-0.15, -0.1) is 0 Å². The lowest BCUT2D eigenvalue weighted by Gasteiger charge is -2.17. The highest BCUT2D eigenvalue weighted by molar-refractivity contribution is 6.30. The minimum Gasteiger partial charge on any atom is -0.496 e. The zero-order valence-corrected chi connectivity index (χ0v) is 14.4. The zero-order chi connectivity index (χ0) is 16.8. The fourth-order valence-electron chi connectivity index (χ4n) is 2.91. The lowest BCUT2D eigenvalue weighted by Crippen LogP contribution is -2.83. The second-order valence-corrected chi connectivity index (χ2v) is 6.13. The van der Waals surface area contributed by atoms with Crippen LogP contribution in [0.25, 0.3) is 0 Å². The van der Waals surface area contributed by atoms with Gasteiger partial charge in [0.05, 0.1) is 7.11 Å². The quantitative estimate of drug-likeness (QED) is 0.716. The number of benzene rings is 3. The maximum atomic E-state index is 6.05. The van der Waals surface area contributed by atoms with E-state index in [0.717, 1.165) is 17.3 Å². The summed E-state index contributed by atoms with van der Waals surface area (Å²) in [6, 6.07) is 27.0. The number of hydrogen-bond donors (Lipinski definition) is 1. The third-order valence-corrected chi connectivity index (χ3v) is 4.41. The molecule has 0 spiro atoms. The zero-order valence-electron chi connectivity index (χ0n) is 13.7. The molecule has 0 bridgehead atoms. The van der Waals surface area contributed by atoms with Gasteiger partial charge in [0.25, 0.3) is 0 Å². The molecule has 0 radical (unpaired) electrons. The van der Waals surface area contributed by atoms with Crippen molar-refractivity contribution in [2.75, 3.05) is 7.11 Å².